The van der Waals surface area contributed by atoms with Gasteiger partial charge >= 0.3 is 0 Å². The van der Waals surface area contributed by atoms with Crippen LogP contribution in [-0.4, -0.2) is 22.6 Å². The summed E-state index contributed by atoms with van der Waals surface area (Å²) in [5.41, 5.74) is 1.10. The number of nitrogens with one attached hydrogen (secondary N) is 1. The van der Waals surface area contributed by atoms with Crippen molar-refractivity contribution < 1.29 is 9.53 Å². The van der Waals surface area contributed by atoms with Crippen molar-refractivity contribution in [1.29, 1.82) is 0 Å². The van der Waals surface area contributed by atoms with Gasteiger partial charge in [0.15, 0.2) is 0 Å². The van der Waals surface area contributed by atoms with E-state index in [0.717, 1.165) is 0 Å². The van der Waals surface area contributed by atoms with Crippen LogP contribution in [0.4, 0.5) is 5.69 Å². The number of carbonyl (C=O) groups is 1. The Morgan fingerprint density at radius 1 is 1.38 bits per heavy atom. The first-order valence-corrected chi connectivity index (χ1v) is 6.61. The zero-order chi connectivity index (χ0) is 15.2. The van der Waals surface area contributed by atoms with E-state index in [1.165, 1.54) is 17.0 Å². The summed E-state index contributed by atoms with van der Waals surface area (Å²) >= 11 is 0. The third kappa shape index (κ3) is 3.92. The van der Waals surface area contributed by atoms with Crippen molar-refractivity contribution in [3.05, 3.63) is 52.7 Å². The Morgan fingerprint density at radius 3 is 2.86 bits per heavy atom. The van der Waals surface area contributed by atoms with Gasteiger partial charge in [0.2, 0.25) is 5.91 Å². The van der Waals surface area contributed by atoms with Crippen molar-refractivity contribution in [2.24, 2.45) is 0 Å². The van der Waals surface area contributed by atoms with E-state index < -0.39 is 0 Å². The SMILES string of the molecule is CCc1cc(=O)n(CC(=O)Nc2cccc(OC)c2)cn1. The lowest BCUT2D eigenvalue weighted by atomic mass is 10.3. The Balaban J connectivity index is 2.06. The predicted octanol–water partition coefficient (Wildman–Crippen LogP) is 1.45. The largest absolute Gasteiger partial charge is 0.497 e. The van der Waals surface area contributed by atoms with Crippen molar-refractivity contribution in [1.82, 2.24) is 9.55 Å². The molecular weight excluding hydrogens is 270 g/mol. The molecule has 0 aliphatic heterocycles. The predicted molar refractivity (Wildman–Crippen MR) is 79.5 cm³/mol. The quantitative estimate of drug-likeness (QED) is 0.903. The van der Waals surface area contributed by atoms with E-state index in [9.17, 15) is 9.59 Å². The van der Waals surface area contributed by atoms with Crippen LogP contribution in [0.25, 0.3) is 0 Å². The maximum atomic E-state index is 11.9. The summed E-state index contributed by atoms with van der Waals surface area (Å²) in [6.45, 7) is 1.84. The van der Waals surface area contributed by atoms with Gasteiger partial charge < -0.3 is 10.1 Å². The van der Waals surface area contributed by atoms with Crippen molar-refractivity contribution in [2.45, 2.75) is 19.9 Å². The third-order valence-electron chi connectivity index (χ3n) is 2.97. The number of nitrogens with zero attached hydrogens (tertiary/aromatic N) is 2. The van der Waals surface area contributed by atoms with Gasteiger partial charge in [-0.05, 0) is 18.6 Å². The molecule has 1 amide bonds. The number of aromatic nitrogens is 2. The van der Waals surface area contributed by atoms with E-state index >= 15 is 0 Å². The van der Waals surface area contributed by atoms with Crippen LogP contribution in [0.3, 0.4) is 0 Å². The van der Waals surface area contributed by atoms with E-state index in [-0.39, 0.29) is 18.0 Å². The Labute approximate surface area is 122 Å². The summed E-state index contributed by atoms with van der Waals surface area (Å²) in [7, 11) is 1.56. The first kappa shape index (κ1) is 14.8. The number of rotatable bonds is 5. The van der Waals surface area contributed by atoms with Crippen LogP contribution in [0, 0.1) is 0 Å². The Bertz CT molecular complexity index is 695. The Kier molecular flexibility index (Phi) is 4.71. The van der Waals surface area contributed by atoms with Gasteiger partial charge in [0.05, 0.1) is 13.4 Å². The van der Waals surface area contributed by atoms with E-state index in [2.05, 4.69) is 10.3 Å². The monoisotopic (exact) mass is 287 g/mol. The molecule has 6 nitrogen and oxygen atoms in total. The number of anilines is 1. The molecule has 0 aliphatic rings. The number of carbonyl (C=O) groups excluding carboxylic acids is 1. The summed E-state index contributed by atoms with van der Waals surface area (Å²) in [5.74, 6) is 0.357. The average Bonchev–Trinajstić information content (AvgIpc) is 2.49. The molecule has 0 atom stereocenters. The van der Waals surface area contributed by atoms with Crippen LogP contribution in [-0.2, 0) is 17.8 Å². The molecule has 1 N–H and O–H groups in total. The second-order valence-electron chi connectivity index (χ2n) is 4.48. The average molecular weight is 287 g/mol. The highest BCUT2D eigenvalue weighted by molar-refractivity contribution is 5.90. The van der Waals surface area contributed by atoms with Crippen LogP contribution in [0.15, 0.2) is 41.5 Å². The van der Waals surface area contributed by atoms with Crippen LogP contribution >= 0.6 is 0 Å². The first-order valence-electron chi connectivity index (χ1n) is 6.61. The van der Waals surface area contributed by atoms with Gasteiger partial charge in [0.1, 0.15) is 12.3 Å². The molecule has 0 bridgehead atoms. The number of amides is 1. The molecule has 0 unspecified atom stereocenters. The topological polar surface area (TPSA) is 73.2 Å². The third-order valence-corrected chi connectivity index (χ3v) is 2.97. The van der Waals surface area contributed by atoms with Crippen LogP contribution < -0.4 is 15.6 Å². The molecule has 2 rings (SSSR count). The van der Waals surface area contributed by atoms with Gasteiger partial charge in [-0.2, -0.15) is 0 Å². The van der Waals surface area contributed by atoms with E-state index in [0.29, 0.717) is 23.6 Å². The molecule has 1 aromatic heterocycles. The lowest BCUT2D eigenvalue weighted by molar-refractivity contribution is -0.116. The van der Waals surface area contributed by atoms with Crippen molar-refractivity contribution >= 4 is 11.6 Å². The standard InChI is InChI=1S/C15H17N3O3/c1-3-11-8-15(20)18(10-16-11)9-14(19)17-12-5-4-6-13(7-12)21-2/h4-8,10H,3,9H2,1-2H3,(H,17,19). The smallest absolute Gasteiger partial charge is 0.253 e. The molecule has 0 saturated heterocycles. The zero-order valence-corrected chi connectivity index (χ0v) is 12.0. The van der Waals surface area contributed by atoms with E-state index in [1.54, 1.807) is 31.4 Å². The highest BCUT2D eigenvalue weighted by Gasteiger charge is 2.06. The highest BCUT2D eigenvalue weighted by atomic mass is 16.5. The highest BCUT2D eigenvalue weighted by Crippen LogP contribution is 2.16. The number of methoxy groups -OCH3 is 1. The second kappa shape index (κ2) is 6.69. The molecule has 2 aromatic rings. The maximum absolute atomic E-state index is 11.9. The van der Waals surface area contributed by atoms with Gasteiger partial charge in [-0.3, -0.25) is 14.2 Å². The number of hydrogen-bond donors (Lipinski definition) is 1. The Hall–Kier alpha value is -2.63. The number of ether oxygens (including phenoxy) is 1. The van der Waals surface area contributed by atoms with Crippen molar-refractivity contribution in [3.63, 3.8) is 0 Å². The molecule has 21 heavy (non-hydrogen) atoms. The van der Waals surface area contributed by atoms with Gasteiger partial charge in [-0.25, -0.2) is 4.98 Å². The molecule has 0 fully saturated rings. The van der Waals surface area contributed by atoms with Gasteiger partial charge in [0.25, 0.3) is 5.56 Å². The van der Waals surface area contributed by atoms with Gasteiger partial charge in [0, 0.05) is 23.5 Å². The minimum atomic E-state index is -0.295. The first-order chi connectivity index (χ1) is 10.1. The fraction of sp³-hybridized carbons (Fsp3) is 0.267. The summed E-state index contributed by atoms with van der Waals surface area (Å²) in [6.07, 6.45) is 2.08. The Morgan fingerprint density at radius 2 is 2.19 bits per heavy atom. The molecule has 0 saturated carbocycles. The molecule has 6 heteroatoms. The molecule has 110 valence electrons. The lowest BCUT2D eigenvalue weighted by Crippen LogP contribution is -2.27. The molecule has 0 spiro atoms. The van der Waals surface area contributed by atoms with Gasteiger partial charge in [-0.1, -0.05) is 13.0 Å². The van der Waals surface area contributed by atoms with Crippen molar-refractivity contribution in [3.8, 4) is 5.75 Å². The fourth-order valence-electron chi connectivity index (χ4n) is 1.83. The minimum absolute atomic E-state index is 0.0764. The molecule has 1 heterocycles. The summed E-state index contributed by atoms with van der Waals surface area (Å²) in [5, 5.41) is 2.71. The van der Waals surface area contributed by atoms with E-state index in [1.807, 2.05) is 6.92 Å². The summed E-state index contributed by atoms with van der Waals surface area (Å²) < 4.78 is 6.36. The van der Waals surface area contributed by atoms with Crippen molar-refractivity contribution in [2.75, 3.05) is 12.4 Å². The summed E-state index contributed by atoms with van der Waals surface area (Å²) in [4.78, 5) is 27.9. The number of aryl methyl sites for hydroxylation is 1. The fourth-order valence-corrected chi connectivity index (χ4v) is 1.83. The van der Waals surface area contributed by atoms with Crippen LogP contribution in [0.5, 0.6) is 5.75 Å². The van der Waals surface area contributed by atoms with E-state index in [4.69, 9.17) is 4.74 Å². The molecule has 0 aliphatic carbocycles. The maximum Gasteiger partial charge on any atom is 0.253 e. The molecule has 0 radical (unpaired) electrons. The number of benzene rings is 1. The molecular formula is C15H17N3O3. The number of hydrogen-bond acceptors (Lipinski definition) is 4. The molecule has 1 aromatic carbocycles. The normalized spacial score (nSPS) is 10.2. The zero-order valence-electron chi connectivity index (χ0n) is 12.0. The van der Waals surface area contributed by atoms with Crippen LogP contribution in [0.1, 0.15) is 12.6 Å². The lowest BCUT2D eigenvalue weighted by Gasteiger charge is -2.08. The summed E-state index contributed by atoms with van der Waals surface area (Å²) in [6, 6.07) is 8.46. The van der Waals surface area contributed by atoms with Gasteiger partial charge in [-0.15, -0.1) is 0 Å². The second-order valence-corrected chi connectivity index (χ2v) is 4.48. The van der Waals surface area contributed by atoms with Crippen LogP contribution in [0.2, 0.25) is 0 Å². The minimum Gasteiger partial charge on any atom is -0.497 e.